The van der Waals surface area contributed by atoms with Gasteiger partial charge in [0.05, 0.1) is 24.6 Å². The van der Waals surface area contributed by atoms with Crippen LogP contribution < -0.4 is 9.47 Å². The third kappa shape index (κ3) is 2.99. The first-order valence-corrected chi connectivity index (χ1v) is 7.74. The van der Waals surface area contributed by atoms with Crippen LogP contribution in [0, 0.1) is 0 Å². The minimum Gasteiger partial charge on any atom is -0.490 e. The molecule has 0 unspecified atom stereocenters. The van der Waals surface area contributed by atoms with Crippen molar-refractivity contribution in [2.75, 3.05) is 13.2 Å². The van der Waals surface area contributed by atoms with Crippen LogP contribution in [0.25, 0.3) is 5.69 Å². The smallest absolute Gasteiger partial charge is 0.358 e. The second-order valence-electron chi connectivity index (χ2n) is 5.31. The second kappa shape index (κ2) is 6.28. The third-order valence-electron chi connectivity index (χ3n) is 3.64. The zero-order chi connectivity index (χ0) is 16.4. The molecule has 3 rings (SSSR count). The van der Waals surface area contributed by atoms with Gasteiger partial charge in [-0.1, -0.05) is 5.21 Å². The first kappa shape index (κ1) is 15.3. The average Bonchev–Trinajstić information content (AvgIpc) is 3.27. The van der Waals surface area contributed by atoms with Gasteiger partial charge in [0, 0.05) is 12.0 Å². The predicted molar refractivity (Wildman–Crippen MR) is 82.6 cm³/mol. The normalized spacial score (nSPS) is 13.8. The quantitative estimate of drug-likeness (QED) is 0.845. The monoisotopic (exact) mass is 317 g/mol. The first-order valence-electron chi connectivity index (χ1n) is 7.74. The molecule has 122 valence electrons. The zero-order valence-electron chi connectivity index (χ0n) is 13.2. The summed E-state index contributed by atoms with van der Waals surface area (Å²) in [7, 11) is 0. The molecule has 1 fully saturated rings. The van der Waals surface area contributed by atoms with E-state index < -0.39 is 5.97 Å². The fraction of sp³-hybridized carbons (Fsp3) is 0.438. The molecule has 1 aromatic carbocycles. The maximum atomic E-state index is 11.3. The van der Waals surface area contributed by atoms with Crippen LogP contribution in [0.1, 0.15) is 48.8 Å². The van der Waals surface area contributed by atoms with Gasteiger partial charge in [0.2, 0.25) is 0 Å². The van der Waals surface area contributed by atoms with Crippen LogP contribution in [0.15, 0.2) is 18.2 Å². The van der Waals surface area contributed by atoms with Crippen molar-refractivity contribution in [2.24, 2.45) is 0 Å². The molecule has 0 bridgehead atoms. The molecule has 1 heterocycles. The lowest BCUT2D eigenvalue weighted by atomic mass is 10.2. The van der Waals surface area contributed by atoms with Crippen molar-refractivity contribution in [1.29, 1.82) is 0 Å². The Bertz CT molecular complexity index is 722. The Balaban J connectivity index is 2.05. The Hall–Kier alpha value is -2.57. The van der Waals surface area contributed by atoms with Gasteiger partial charge in [0.25, 0.3) is 0 Å². The number of ether oxygens (including phenoxy) is 2. The summed E-state index contributed by atoms with van der Waals surface area (Å²) in [6.45, 7) is 4.86. The van der Waals surface area contributed by atoms with E-state index in [1.54, 1.807) is 10.7 Å². The molecule has 1 aliphatic rings. The minimum atomic E-state index is -1.05. The summed E-state index contributed by atoms with van der Waals surface area (Å²) in [5, 5.41) is 17.2. The average molecular weight is 317 g/mol. The van der Waals surface area contributed by atoms with Crippen LogP contribution in [-0.2, 0) is 0 Å². The van der Waals surface area contributed by atoms with Crippen molar-refractivity contribution in [3.8, 4) is 17.2 Å². The van der Waals surface area contributed by atoms with Gasteiger partial charge in [0.1, 0.15) is 0 Å². The minimum absolute atomic E-state index is 0.0272. The topological polar surface area (TPSA) is 86.5 Å². The standard InChI is InChI=1S/C16H19N3O4/c1-3-22-12-8-7-11(9-13(12)23-4-2)19-15(10-5-6-10)14(16(20)21)17-18-19/h7-10H,3-6H2,1-2H3,(H,20,21). The molecule has 0 saturated heterocycles. The fourth-order valence-electron chi connectivity index (χ4n) is 2.53. The number of carboxylic acids is 1. The number of rotatable bonds is 7. The van der Waals surface area contributed by atoms with E-state index in [1.165, 1.54) is 0 Å². The van der Waals surface area contributed by atoms with Gasteiger partial charge in [-0.15, -0.1) is 5.10 Å². The van der Waals surface area contributed by atoms with E-state index in [9.17, 15) is 9.90 Å². The number of carbonyl (C=O) groups is 1. The Kier molecular flexibility index (Phi) is 4.18. The summed E-state index contributed by atoms with van der Waals surface area (Å²) >= 11 is 0. The van der Waals surface area contributed by atoms with Crippen molar-refractivity contribution in [3.05, 3.63) is 29.6 Å². The number of benzene rings is 1. The Labute approximate surface area is 133 Å². The Morgan fingerprint density at radius 2 is 1.96 bits per heavy atom. The highest BCUT2D eigenvalue weighted by Crippen LogP contribution is 2.42. The van der Waals surface area contributed by atoms with Gasteiger partial charge in [-0.25, -0.2) is 9.48 Å². The third-order valence-corrected chi connectivity index (χ3v) is 3.64. The largest absolute Gasteiger partial charge is 0.490 e. The van der Waals surface area contributed by atoms with Crippen molar-refractivity contribution in [1.82, 2.24) is 15.0 Å². The molecule has 2 aromatic rings. The fourth-order valence-corrected chi connectivity index (χ4v) is 2.53. The molecule has 0 aliphatic heterocycles. The highest BCUT2D eigenvalue weighted by molar-refractivity contribution is 5.87. The molecule has 7 nitrogen and oxygen atoms in total. The molecule has 23 heavy (non-hydrogen) atoms. The van der Waals surface area contributed by atoms with Gasteiger partial charge in [-0.05, 0) is 38.8 Å². The van der Waals surface area contributed by atoms with E-state index in [1.807, 2.05) is 26.0 Å². The SMILES string of the molecule is CCOc1ccc(-n2nnc(C(=O)O)c2C2CC2)cc1OCC. The summed E-state index contributed by atoms with van der Waals surface area (Å²) in [6, 6.07) is 5.45. The lowest BCUT2D eigenvalue weighted by molar-refractivity contribution is 0.0689. The number of aromatic carboxylic acids is 1. The predicted octanol–water partition coefficient (Wildman–Crippen LogP) is 2.64. The lowest BCUT2D eigenvalue weighted by Crippen LogP contribution is -2.06. The summed E-state index contributed by atoms with van der Waals surface area (Å²) in [5.74, 6) is 0.429. The van der Waals surface area contributed by atoms with Crippen LogP contribution in [-0.4, -0.2) is 39.3 Å². The van der Waals surface area contributed by atoms with E-state index in [0.717, 1.165) is 18.5 Å². The van der Waals surface area contributed by atoms with Crippen LogP contribution in [0.2, 0.25) is 0 Å². The molecule has 7 heteroatoms. The molecule has 1 aliphatic carbocycles. The van der Waals surface area contributed by atoms with Crippen LogP contribution >= 0.6 is 0 Å². The molecule has 0 amide bonds. The van der Waals surface area contributed by atoms with E-state index in [4.69, 9.17) is 9.47 Å². The van der Waals surface area contributed by atoms with Crippen LogP contribution in [0.3, 0.4) is 0 Å². The summed E-state index contributed by atoms with van der Waals surface area (Å²) in [4.78, 5) is 11.3. The number of carboxylic acid groups (broad SMARTS) is 1. The summed E-state index contributed by atoms with van der Waals surface area (Å²) in [6.07, 6.45) is 1.92. The Morgan fingerprint density at radius 1 is 1.26 bits per heavy atom. The lowest BCUT2D eigenvalue weighted by Gasteiger charge is -2.13. The van der Waals surface area contributed by atoms with E-state index in [2.05, 4.69) is 10.3 Å². The highest BCUT2D eigenvalue weighted by Gasteiger charge is 2.34. The number of aromatic nitrogens is 3. The molecular formula is C16H19N3O4. The van der Waals surface area contributed by atoms with E-state index in [-0.39, 0.29) is 11.6 Å². The second-order valence-corrected chi connectivity index (χ2v) is 5.31. The Morgan fingerprint density at radius 3 is 2.57 bits per heavy atom. The van der Waals surface area contributed by atoms with Gasteiger partial charge in [-0.3, -0.25) is 0 Å². The molecular weight excluding hydrogens is 298 g/mol. The van der Waals surface area contributed by atoms with Crippen molar-refractivity contribution < 1.29 is 19.4 Å². The van der Waals surface area contributed by atoms with Crippen LogP contribution in [0.4, 0.5) is 0 Å². The molecule has 0 radical (unpaired) electrons. The van der Waals surface area contributed by atoms with Gasteiger partial charge in [-0.2, -0.15) is 0 Å². The van der Waals surface area contributed by atoms with Crippen molar-refractivity contribution in [3.63, 3.8) is 0 Å². The molecule has 1 saturated carbocycles. The number of nitrogens with zero attached hydrogens (tertiary/aromatic N) is 3. The molecule has 1 N–H and O–H groups in total. The maximum absolute atomic E-state index is 11.3. The van der Waals surface area contributed by atoms with Crippen LogP contribution in [0.5, 0.6) is 11.5 Å². The van der Waals surface area contributed by atoms with Gasteiger partial charge in [0.15, 0.2) is 17.2 Å². The molecule has 0 spiro atoms. The maximum Gasteiger partial charge on any atom is 0.358 e. The number of hydrogen-bond donors (Lipinski definition) is 1. The summed E-state index contributed by atoms with van der Waals surface area (Å²) < 4.78 is 12.8. The van der Waals surface area contributed by atoms with E-state index >= 15 is 0 Å². The van der Waals surface area contributed by atoms with Gasteiger partial charge < -0.3 is 14.6 Å². The van der Waals surface area contributed by atoms with Gasteiger partial charge >= 0.3 is 5.97 Å². The summed E-state index contributed by atoms with van der Waals surface area (Å²) in [5.41, 5.74) is 1.40. The molecule has 1 aromatic heterocycles. The zero-order valence-corrected chi connectivity index (χ0v) is 13.2. The first-order chi connectivity index (χ1) is 11.2. The van der Waals surface area contributed by atoms with E-state index in [0.29, 0.717) is 30.4 Å². The van der Waals surface area contributed by atoms with Crippen molar-refractivity contribution in [2.45, 2.75) is 32.6 Å². The number of hydrogen-bond acceptors (Lipinski definition) is 5. The molecule has 0 atom stereocenters. The highest BCUT2D eigenvalue weighted by atomic mass is 16.5. The van der Waals surface area contributed by atoms with Crippen molar-refractivity contribution >= 4 is 5.97 Å².